The second-order valence-corrected chi connectivity index (χ2v) is 9.27. The summed E-state index contributed by atoms with van der Waals surface area (Å²) in [7, 11) is 0. The zero-order valence-electron chi connectivity index (χ0n) is 18.8. The molecule has 5 rings (SSSR count). The molecule has 0 radical (unpaired) electrons. The molecule has 0 aliphatic carbocycles. The molecule has 1 aliphatic rings. The van der Waals surface area contributed by atoms with Gasteiger partial charge in [0, 0.05) is 41.3 Å². The Morgan fingerprint density at radius 2 is 1.71 bits per heavy atom. The third-order valence-corrected chi connectivity index (χ3v) is 6.64. The van der Waals surface area contributed by atoms with Gasteiger partial charge in [-0.15, -0.1) is 5.10 Å². The van der Waals surface area contributed by atoms with E-state index in [0.29, 0.717) is 10.9 Å². The maximum atomic E-state index is 12.3. The monoisotopic (exact) mass is 481 g/mol. The molecule has 35 heavy (non-hydrogen) atoms. The van der Waals surface area contributed by atoms with E-state index in [1.54, 1.807) is 18.3 Å². The van der Waals surface area contributed by atoms with Gasteiger partial charge in [0.05, 0.1) is 6.21 Å². The number of para-hydroxylation sites is 2. The Balaban J connectivity index is 1.26. The van der Waals surface area contributed by atoms with Crippen molar-refractivity contribution < 1.29 is 9.59 Å². The zero-order chi connectivity index (χ0) is 24.0. The van der Waals surface area contributed by atoms with E-state index in [2.05, 4.69) is 55.9 Å². The molecule has 1 aliphatic heterocycles. The molecule has 1 saturated heterocycles. The van der Waals surface area contributed by atoms with Gasteiger partial charge in [-0.25, -0.2) is 0 Å². The summed E-state index contributed by atoms with van der Waals surface area (Å²) in [5.74, 6) is -0.466. The summed E-state index contributed by atoms with van der Waals surface area (Å²) >= 11 is 1.21. The van der Waals surface area contributed by atoms with Crippen molar-refractivity contribution in [2.75, 3.05) is 5.32 Å². The Kier molecular flexibility index (Phi) is 6.72. The quantitative estimate of drug-likeness (QED) is 0.298. The number of carbonyl (C=O) groups is 2. The van der Waals surface area contributed by atoms with E-state index < -0.39 is 5.25 Å². The van der Waals surface area contributed by atoms with E-state index >= 15 is 0 Å². The normalized spacial score (nSPS) is 16.7. The molecule has 1 aromatic heterocycles. The maximum absolute atomic E-state index is 12.3. The van der Waals surface area contributed by atoms with Crippen LogP contribution in [0, 0.1) is 0 Å². The summed E-state index contributed by atoms with van der Waals surface area (Å²) in [5.41, 5.74) is 3.96. The van der Waals surface area contributed by atoms with Crippen LogP contribution in [-0.2, 0) is 16.1 Å². The minimum atomic E-state index is -0.541. The predicted molar refractivity (Wildman–Crippen MR) is 142 cm³/mol. The molecule has 1 atom stereocenters. The summed E-state index contributed by atoms with van der Waals surface area (Å²) in [4.78, 5) is 24.6. The van der Waals surface area contributed by atoms with Crippen molar-refractivity contribution >= 4 is 51.5 Å². The van der Waals surface area contributed by atoms with Crippen molar-refractivity contribution in [2.45, 2.75) is 18.2 Å². The van der Waals surface area contributed by atoms with Gasteiger partial charge in [0.25, 0.3) is 0 Å². The molecular formula is C27H23N5O2S. The molecule has 0 bridgehead atoms. The molecular weight excluding hydrogens is 458 g/mol. The smallest absolute Gasteiger partial charge is 0.240 e. The highest BCUT2D eigenvalue weighted by Gasteiger charge is 2.32. The maximum Gasteiger partial charge on any atom is 0.240 e. The van der Waals surface area contributed by atoms with Crippen molar-refractivity contribution in [2.24, 2.45) is 10.2 Å². The van der Waals surface area contributed by atoms with Crippen molar-refractivity contribution in [3.8, 4) is 0 Å². The number of nitrogens with zero attached hydrogens (tertiary/aromatic N) is 3. The van der Waals surface area contributed by atoms with Gasteiger partial charge in [-0.3, -0.25) is 9.59 Å². The molecule has 2 heterocycles. The van der Waals surface area contributed by atoms with Crippen LogP contribution in [-0.4, -0.2) is 33.0 Å². The average molecular weight is 482 g/mol. The molecule has 2 N–H and O–H groups in total. The van der Waals surface area contributed by atoms with Gasteiger partial charge in [-0.2, -0.15) is 5.10 Å². The summed E-state index contributed by atoms with van der Waals surface area (Å²) in [6.07, 6.45) is 3.80. The van der Waals surface area contributed by atoms with Crippen LogP contribution < -0.4 is 10.6 Å². The highest BCUT2D eigenvalue weighted by Crippen LogP contribution is 2.24. The lowest BCUT2D eigenvalue weighted by Gasteiger charge is -2.06. The second-order valence-electron chi connectivity index (χ2n) is 8.08. The van der Waals surface area contributed by atoms with Crippen LogP contribution in [0.25, 0.3) is 10.9 Å². The third-order valence-electron chi connectivity index (χ3n) is 5.57. The van der Waals surface area contributed by atoms with E-state index in [0.717, 1.165) is 23.0 Å². The molecule has 0 saturated carbocycles. The van der Waals surface area contributed by atoms with Crippen molar-refractivity contribution in [1.82, 2.24) is 9.88 Å². The van der Waals surface area contributed by atoms with Gasteiger partial charge in [-0.05, 0) is 23.8 Å². The average Bonchev–Trinajstić information content (AvgIpc) is 3.40. The Labute approximate surface area is 207 Å². The number of aromatic nitrogens is 1. The Bertz CT molecular complexity index is 1410. The lowest BCUT2D eigenvalue weighted by molar-refractivity contribution is -0.122. The van der Waals surface area contributed by atoms with Crippen LogP contribution in [0.1, 0.15) is 17.5 Å². The fraction of sp³-hybridized carbons (Fsp3) is 0.111. The fourth-order valence-electron chi connectivity index (χ4n) is 3.92. The molecule has 2 amide bonds. The van der Waals surface area contributed by atoms with E-state index in [-0.39, 0.29) is 18.2 Å². The van der Waals surface area contributed by atoms with Crippen molar-refractivity contribution in [3.63, 3.8) is 0 Å². The largest absolute Gasteiger partial charge is 0.342 e. The number of rotatable bonds is 7. The van der Waals surface area contributed by atoms with Gasteiger partial charge in [0.15, 0.2) is 5.17 Å². The zero-order valence-corrected chi connectivity index (χ0v) is 19.6. The minimum Gasteiger partial charge on any atom is -0.342 e. The number of nitrogens with one attached hydrogen (secondary N) is 2. The first-order valence-corrected chi connectivity index (χ1v) is 12.1. The topological polar surface area (TPSA) is 87.8 Å². The number of hydrogen-bond donors (Lipinski definition) is 2. The third kappa shape index (κ3) is 5.50. The lowest BCUT2D eigenvalue weighted by Crippen LogP contribution is -2.28. The molecule has 1 fully saturated rings. The van der Waals surface area contributed by atoms with E-state index in [9.17, 15) is 9.59 Å². The fourth-order valence-corrected chi connectivity index (χ4v) is 4.84. The number of amidine groups is 1. The molecule has 0 unspecified atom stereocenters. The van der Waals surface area contributed by atoms with Crippen LogP contribution in [0.15, 0.2) is 101 Å². The molecule has 8 heteroatoms. The number of amides is 2. The molecule has 174 valence electrons. The van der Waals surface area contributed by atoms with Crippen LogP contribution >= 0.6 is 11.8 Å². The van der Waals surface area contributed by atoms with E-state index in [1.165, 1.54) is 17.3 Å². The van der Waals surface area contributed by atoms with E-state index in [1.807, 2.05) is 48.5 Å². The van der Waals surface area contributed by atoms with Crippen LogP contribution in [0.5, 0.6) is 0 Å². The van der Waals surface area contributed by atoms with Crippen molar-refractivity contribution in [3.05, 3.63) is 102 Å². The Hall–Kier alpha value is -4.17. The number of benzene rings is 3. The molecule has 3 aromatic carbocycles. The second kappa shape index (κ2) is 10.4. The number of fused-ring (bicyclic) bond motifs is 1. The standard InChI is InChI=1S/C27H23N5O2S/c33-25(29-21-11-5-2-6-12-21)15-24-26(34)30-27(35-24)31-28-16-20-18-32(17-19-9-3-1-4-10-19)23-14-8-7-13-22(20)23/h1-14,16,18,24H,15,17H2,(H,29,33)(H,30,31,34)/b28-16-/t24-/m1/s1. The first-order valence-electron chi connectivity index (χ1n) is 11.2. The SMILES string of the molecule is O=C(C[C@H]1S/C(=N\N=C/c2cn(Cc3ccccc3)c3ccccc23)NC1=O)Nc1ccccc1. The van der Waals surface area contributed by atoms with Gasteiger partial charge in [0.2, 0.25) is 11.8 Å². The van der Waals surface area contributed by atoms with Gasteiger partial charge in [-0.1, -0.05) is 78.5 Å². The Morgan fingerprint density at radius 3 is 2.51 bits per heavy atom. The summed E-state index contributed by atoms with van der Waals surface area (Å²) < 4.78 is 2.19. The highest BCUT2D eigenvalue weighted by molar-refractivity contribution is 8.15. The molecule has 4 aromatic rings. The van der Waals surface area contributed by atoms with Crippen LogP contribution in [0.3, 0.4) is 0 Å². The minimum absolute atomic E-state index is 0.0566. The lowest BCUT2D eigenvalue weighted by atomic mass is 10.2. The number of anilines is 1. The summed E-state index contributed by atoms with van der Waals surface area (Å²) in [6, 6.07) is 27.6. The van der Waals surface area contributed by atoms with Crippen molar-refractivity contribution in [1.29, 1.82) is 0 Å². The van der Waals surface area contributed by atoms with E-state index in [4.69, 9.17) is 0 Å². The van der Waals surface area contributed by atoms with Gasteiger partial charge in [0.1, 0.15) is 5.25 Å². The van der Waals surface area contributed by atoms with Crippen LogP contribution in [0.2, 0.25) is 0 Å². The first kappa shape index (κ1) is 22.6. The summed E-state index contributed by atoms with van der Waals surface area (Å²) in [6.45, 7) is 0.752. The first-order chi connectivity index (χ1) is 17.2. The summed E-state index contributed by atoms with van der Waals surface area (Å²) in [5, 5.41) is 14.8. The van der Waals surface area contributed by atoms with Gasteiger partial charge < -0.3 is 15.2 Å². The van der Waals surface area contributed by atoms with Gasteiger partial charge >= 0.3 is 0 Å². The molecule has 7 nitrogen and oxygen atoms in total. The number of hydrogen-bond acceptors (Lipinski definition) is 5. The number of thioether (sulfide) groups is 1. The predicted octanol–water partition coefficient (Wildman–Crippen LogP) is 4.64. The highest BCUT2D eigenvalue weighted by atomic mass is 32.2. The molecule has 0 spiro atoms. The Morgan fingerprint density at radius 1 is 1.00 bits per heavy atom. The number of carbonyl (C=O) groups excluding carboxylic acids is 2. The van der Waals surface area contributed by atoms with Crippen LogP contribution in [0.4, 0.5) is 5.69 Å².